The number of nitro benzene ring substituents is 1. The third kappa shape index (κ3) is 5.39. The van der Waals surface area contributed by atoms with Crippen LogP contribution < -0.4 is 5.32 Å². The molecule has 1 rings (SSSR count). The minimum absolute atomic E-state index is 0.128. The third-order valence-electron chi connectivity index (χ3n) is 2.23. The van der Waals surface area contributed by atoms with Crippen LogP contribution in [-0.2, 0) is 9.53 Å². The Balaban J connectivity index is 2.77. The Bertz CT molecular complexity index is 580. The number of hydrogen-bond donors (Lipinski definition) is 1. The van der Waals surface area contributed by atoms with Gasteiger partial charge in [-0.3, -0.25) is 14.9 Å². The van der Waals surface area contributed by atoms with E-state index in [1.807, 2.05) is 0 Å². The van der Waals surface area contributed by atoms with E-state index in [1.54, 1.807) is 20.8 Å². The second-order valence-corrected chi connectivity index (χ2v) is 5.73. The fraction of sp³-hybridized carbons (Fsp3) is 0.385. The van der Waals surface area contributed by atoms with Crippen LogP contribution in [0.4, 0.5) is 5.69 Å². The molecule has 114 valence electrons. The third-order valence-corrected chi connectivity index (χ3v) is 2.46. The zero-order chi connectivity index (χ0) is 16.2. The molecule has 0 fully saturated rings. The number of rotatable bonds is 4. The zero-order valence-electron chi connectivity index (χ0n) is 11.8. The van der Waals surface area contributed by atoms with Crippen LogP contribution in [0.2, 0.25) is 5.02 Å². The minimum atomic E-state index is -0.956. The quantitative estimate of drug-likeness (QED) is 0.522. The van der Waals surface area contributed by atoms with Gasteiger partial charge in [0, 0.05) is 16.6 Å². The lowest BCUT2D eigenvalue weighted by Gasteiger charge is -2.20. The van der Waals surface area contributed by atoms with Crippen LogP contribution in [0, 0.1) is 10.1 Å². The maximum absolute atomic E-state index is 11.8. The van der Waals surface area contributed by atoms with Crippen molar-refractivity contribution in [2.45, 2.75) is 26.3 Å². The molecule has 21 heavy (non-hydrogen) atoms. The SMILES string of the molecule is CC(C)(C)NC(=O)COC(=O)c1ccc(Cl)cc1[N+](=O)[O-]. The van der Waals surface area contributed by atoms with Crippen molar-refractivity contribution >= 4 is 29.2 Å². The summed E-state index contributed by atoms with van der Waals surface area (Å²) < 4.78 is 4.77. The molecule has 0 aliphatic carbocycles. The van der Waals surface area contributed by atoms with E-state index in [9.17, 15) is 19.7 Å². The fourth-order valence-corrected chi connectivity index (χ4v) is 1.66. The first-order chi connectivity index (χ1) is 9.60. The van der Waals surface area contributed by atoms with Crippen LogP contribution in [0.15, 0.2) is 18.2 Å². The van der Waals surface area contributed by atoms with Crippen LogP contribution in [0.25, 0.3) is 0 Å². The van der Waals surface area contributed by atoms with Crippen molar-refractivity contribution in [3.63, 3.8) is 0 Å². The maximum Gasteiger partial charge on any atom is 0.345 e. The van der Waals surface area contributed by atoms with Gasteiger partial charge < -0.3 is 10.1 Å². The molecule has 0 unspecified atom stereocenters. The fourth-order valence-electron chi connectivity index (χ4n) is 1.49. The molecule has 1 aromatic carbocycles. The molecule has 7 nitrogen and oxygen atoms in total. The summed E-state index contributed by atoms with van der Waals surface area (Å²) in [5, 5.41) is 13.6. The lowest BCUT2D eigenvalue weighted by molar-refractivity contribution is -0.385. The lowest BCUT2D eigenvalue weighted by Crippen LogP contribution is -2.42. The summed E-state index contributed by atoms with van der Waals surface area (Å²) in [5.74, 6) is -1.45. The van der Waals surface area contributed by atoms with Gasteiger partial charge in [0.15, 0.2) is 6.61 Å². The normalized spacial score (nSPS) is 10.9. The Hall–Kier alpha value is -2.15. The van der Waals surface area contributed by atoms with Gasteiger partial charge in [-0.05, 0) is 32.9 Å². The smallest absolute Gasteiger partial charge is 0.345 e. The van der Waals surface area contributed by atoms with E-state index in [4.69, 9.17) is 16.3 Å². The minimum Gasteiger partial charge on any atom is -0.452 e. The first-order valence-corrected chi connectivity index (χ1v) is 6.40. The highest BCUT2D eigenvalue weighted by Crippen LogP contribution is 2.23. The van der Waals surface area contributed by atoms with E-state index in [2.05, 4.69) is 5.32 Å². The first-order valence-electron chi connectivity index (χ1n) is 6.02. The van der Waals surface area contributed by atoms with Crippen molar-refractivity contribution in [3.05, 3.63) is 38.9 Å². The van der Waals surface area contributed by atoms with Gasteiger partial charge in [0.05, 0.1) is 4.92 Å². The molecule has 1 N–H and O–H groups in total. The number of nitrogens with one attached hydrogen (secondary N) is 1. The summed E-state index contributed by atoms with van der Waals surface area (Å²) in [6, 6.07) is 3.57. The molecule has 0 aliphatic rings. The highest BCUT2D eigenvalue weighted by molar-refractivity contribution is 6.31. The molecular formula is C13H15ClN2O5. The summed E-state index contributed by atoms with van der Waals surface area (Å²) >= 11 is 5.65. The molecular weight excluding hydrogens is 300 g/mol. The van der Waals surface area contributed by atoms with Crippen LogP contribution >= 0.6 is 11.6 Å². The molecule has 8 heteroatoms. The van der Waals surface area contributed by atoms with Crippen LogP contribution in [0.1, 0.15) is 31.1 Å². The highest BCUT2D eigenvalue weighted by atomic mass is 35.5. The van der Waals surface area contributed by atoms with Gasteiger partial charge in [-0.1, -0.05) is 11.6 Å². The van der Waals surface area contributed by atoms with Crippen molar-refractivity contribution in [2.75, 3.05) is 6.61 Å². The Morgan fingerprint density at radius 3 is 2.52 bits per heavy atom. The van der Waals surface area contributed by atoms with E-state index in [-0.39, 0.29) is 10.6 Å². The van der Waals surface area contributed by atoms with E-state index in [0.717, 1.165) is 6.07 Å². The number of benzene rings is 1. The van der Waals surface area contributed by atoms with Gasteiger partial charge in [-0.25, -0.2) is 4.79 Å². The molecule has 0 saturated carbocycles. The van der Waals surface area contributed by atoms with Gasteiger partial charge >= 0.3 is 5.97 Å². The second kappa shape index (κ2) is 6.53. The summed E-state index contributed by atoms with van der Waals surface area (Å²) in [6.45, 7) is 4.81. The summed E-state index contributed by atoms with van der Waals surface area (Å²) in [6.07, 6.45) is 0. The van der Waals surface area contributed by atoms with Crippen LogP contribution in [0.5, 0.6) is 0 Å². The average molecular weight is 315 g/mol. The predicted molar refractivity (Wildman–Crippen MR) is 76.3 cm³/mol. The maximum atomic E-state index is 11.8. The monoisotopic (exact) mass is 314 g/mol. The summed E-state index contributed by atoms with van der Waals surface area (Å²) in [7, 11) is 0. The van der Waals surface area contributed by atoms with E-state index >= 15 is 0 Å². The van der Waals surface area contributed by atoms with Crippen molar-refractivity contribution in [1.29, 1.82) is 0 Å². The average Bonchev–Trinajstić information content (AvgIpc) is 2.33. The molecule has 0 bridgehead atoms. The summed E-state index contributed by atoms with van der Waals surface area (Å²) in [5.41, 5.74) is -1.19. The summed E-state index contributed by atoms with van der Waals surface area (Å²) in [4.78, 5) is 33.5. The number of carbonyl (C=O) groups is 2. The number of nitro groups is 1. The zero-order valence-corrected chi connectivity index (χ0v) is 12.6. The molecule has 0 aliphatic heterocycles. The van der Waals surface area contributed by atoms with Gasteiger partial charge in [-0.15, -0.1) is 0 Å². The van der Waals surface area contributed by atoms with Crippen molar-refractivity contribution in [2.24, 2.45) is 0 Å². The van der Waals surface area contributed by atoms with Gasteiger partial charge in [0.2, 0.25) is 0 Å². The van der Waals surface area contributed by atoms with E-state index in [1.165, 1.54) is 12.1 Å². The van der Waals surface area contributed by atoms with Crippen molar-refractivity contribution < 1.29 is 19.2 Å². The topological polar surface area (TPSA) is 98.5 Å². The van der Waals surface area contributed by atoms with E-state index in [0.29, 0.717) is 0 Å². The number of esters is 1. The van der Waals surface area contributed by atoms with Crippen LogP contribution in [0.3, 0.4) is 0 Å². The first kappa shape index (κ1) is 16.9. The predicted octanol–water partition coefficient (Wildman–Crippen LogP) is 2.32. The molecule has 0 saturated heterocycles. The number of carbonyl (C=O) groups excluding carboxylic acids is 2. The van der Waals surface area contributed by atoms with Gasteiger partial charge in [-0.2, -0.15) is 0 Å². The van der Waals surface area contributed by atoms with Gasteiger partial charge in [0.25, 0.3) is 11.6 Å². The second-order valence-electron chi connectivity index (χ2n) is 5.29. The lowest BCUT2D eigenvalue weighted by atomic mass is 10.1. The Morgan fingerprint density at radius 1 is 1.38 bits per heavy atom. The molecule has 0 atom stereocenters. The number of ether oxygens (including phenoxy) is 1. The highest BCUT2D eigenvalue weighted by Gasteiger charge is 2.23. The number of amides is 1. The molecule has 0 spiro atoms. The molecule has 0 heterocycles. The molecule has 1 aromatic rings. The number of halogens is 1. The Morgan fingerprint density at radius 2 is 2.00 bits per heavy atom. The Kier molecular flexibility index (Phi) is 5.26. The van der Waals surface area contributed by atoms with Crippen molar-refractivity contribution in [1.82, 2.24) is 5.32 Å². The van der Waals surface area contributed by atoms with E-state index < -0.39 is 34.6 Å². The molecule has 0 radical (unpaired) electrons. The van der Waals surface area contributed by atoms with Crippen LogP contribution in [-0.4, -0.2) is 28.9 Å². The standard InChI is InChI=1S/C13H15ClN2O5/c1-13(2,3)15-11(17)7-21-12(18)9-5-4-8(14)6-10(9)16(19)20/h4-6H,7H2,1-3H3,(H,15,17). The van der Waals surface area contributed by atoms with Gasteiger partial charge in [0.1, 0.15) is 5.56 Å². The molecule has 0 aromatic heterocycles. The largest absolute Gasteiger partial charge is 0.452 e. The number of hydrogen-bond acceptors (Lipinski definition) is 5. The number of nitrogens with zero attached hydrogens (tertiary/aromatic N) is 1. The van der Waals surface area contributed by atoms with Crippen molar-refractivity contribution in [3.8, 4) is 0 Å². The Labute approximate surface area is 126 Å². The molecule has 1 amide bonds.